The molecule has 0 saturated heterocycles. The van der Waals surface area contributed by atoms with Crippen molar-refractivity contribution in [3.8, 4) is 11.5 Å². The van der Waals surface area contributed by atoms with Gasteiger partial charge in [0, 0.05) is 42.4 Å². The first-order valence-corrected chi connectivity index (χ1v) is 17.2. The normalized spacial score (nSPS) is 25.1. The van der Waals surface area contributed by atoms with Gasteiger partial charge >= 0.3 is 0 Å². The molecule has 0 bridgehead atoms. The molecule has 47 heavy (non-hydrogen) atoms. The number of hydrogen-bond acceptors (Lipinski definition) is 9. The molecule has 9 heteroatoms. The SMILES string of the molecule is CCCC(O)CC(O)CC(=O)CCc1ccc(O)c(OCN2C=C3C(C45CCCC4CC4=CNC(N)c6cccc5c64)=CN=C3C2)c1. The minimum absolute atomic E-state index is 0.0313. The Bertz CT molecular complexity index is 1680. The number of carbonyl (C=O) groups excluding carboxylic acids is 1. The molecule has 248 valence electrons. The van der Waals surface area contributed by atoms with Gasteiger partial charge in [0.15, 0.2) is 18.2 Å². The van der Waals surface area contributed by atoms with E-state index in [4.69, 9.17) is 15.5 Å². The number of rotatable bonds is 13. The van der Waals surface area contributed by atoms with Crippen molar-refractivity contribution in [2.75, 3.05) is 13.3 Å². The van der Waals surface area contributed by atoms with Crippen molar-refractivity contribution in [2.24, 2.45) is 16.6 Å². The van der Waals surface area contributed by atoms with Gasteiger partial charge in [-0.25, -0.2) is 0 Å². The number of aliphatic imine (C=N–C) groups is 1. The summed E-state index contributed by atoms with van der Waals surface area (Å²) in [6.07, 6.45) is 11.7. The van der Waals surface area contributed by atoms with Gasteiger partial charge < -0.3 is 36.0 Å². The minimum Gasteiger partial charge on any atom is -0.504 e. The number of aliphatic hydroxyl groups excluding tert-OH is 2. The highest BCUT2D eigenvalue weighted by Gasteiger charge is 2.54. The Morgan fingerprint density at radius 2 is 2.11 bits per heavy atom. The minimum atomic E-state index is -0.836. The Morgan fingerprint density at radius 3 is 2.96 bits per heavy atom. The summed E-state index contributed by atoms with van der Waals surface area (Å²) in [5.41, 5.74) is 16.0. The number of aryl methyl sites for hydroxylation is 1. The van der Waals surface area contributed by atoms with Gasteiger partial charge in [-0.1, -0.05) is 44.0 Å². The summed E-state index contributed by atoms with van der Waals surface area (Å²) in [5.74, 6) is 0.863. The first-order valence-electron chi connectivity index (χ1n) is 17.2. The highest BCUT2D eigenvalue weighted by atomic mass is 16.5. The van der Waals surface area contributed by atoms with E-state index in [1.165, 1.54) is 46.3 Å². The van der Waals surface area contributed by atoms with Crippen LogP contribution < -0.4 is 15.8 Å². The lowest BCUT2D eigenvalue weighted by Gasteiger charge is -2.46. The summed E-state index contributed by atoms with van der Waals surface area (Å²) in [6.45, 7) is 2.86. The summed E-state index contributed by atoms with van der Waals surface area (Å²) >= 11 is 0. The number of carbonyl (C=O) groups is 1. The smallest absolute Gasteiger partial charge is 0.163 e. The number of benzene rings is 2. The summed E-state index contributed by atoms with van der Waals surface area (Å²) in [7, 11) is 0. The van der Waals surface area contributed by atoms with E-state index >= 15 is 0 Å². The lowest BCUT2D eigenvalue weighted by Crippen LogP contribution is -2.41. The average molecular weight is 639 g/mol. The summed E-state index contributed by atoms with van der Waals surface area (Å²) in [5, 5.41) is 34.0. The Balaban J connectivity index is 1.02. The molecule has 2 aliphatic carbocycles. The van der Waals surface area contributed by atoms with Crippen molar-refractivity contribution < 1.29 is 24.9 Å². The number of aromatic hydroxyl groups is 1. The van der Waals surface area contributed by atoms with Gasteiger partial charge in [0.1, 0.15) is 11.9 Å². The number of hydrogen-bond donors (Lipinski definition) is 5. The molecule has 1 fully saturated rings. The number of phenolic OH excluding ortho intramolecular Hbond substituents is 1. The number of Topliss-reactive ketones (excluding diaryl/α,β-unsaturated/α-hetero) is 1. The lowest BCUT2D eigenvalue weighted by atomic mass is 9.58. The molecule has 3 aliphatic heterocycles. The maximum Gasteiger partial charge on any atom is 0.163 e. The number of allylic oxidation sites excluding steroid dienone is 2. The fourth-order valence-corrected chi connectivity index (χ4v) is 8.59. The molecule has 0 aromatic heterocycles. The van der Waals surface area contributed by atoms with E-state index in [-0.39, 0.29) is 49.1 Å². The molecule has 0 amide bonds. The van der Waals surface area contributed by atoms with Crippen LogP contribution >= 0.6 is 0 Å². The zero-order valence-corrected chi connectivity index (χ0v) is 27.1. The second-order valence-electron chi connectivity index (χ2n) is 13.9. The van der Waals surface area contributed by atoms with Crippen molar-refractivity contribution in [3.63, 3.8) is 0 Å². The van der Waals surface area contributed by atoms with Gasteiger partial charge in [0.25, 0.3) is 0 Å². The second kappa shape index (κ2) is 12.9. The van der Waals surface area contributed by atoms with E-state index in [0.29, 0.717) is 31.1 Å². The van der Waals surface area contributed by atoms with Gasteiger partial charge in [-0.2, -0.15) is 0 Å². The molecule has 5 aliphatic rings. The number of ketones is 1. The van der Waals surface area contributed by atoms with Crippen LogP contribution in [0, 0.1) is 5.92 Å². The molecule has 5 unspecified atom stereocenters. The van der Waals surface area contributed by atoms with Crippen LogP contribution in [-0.4, -0.2) is 57.2 Å². The van der Waals surface area contributed by atoms with Crippen LogP contribution in [-0.2, 0) is 16.6 Å². The van der Waals surface area contributed by atoms with E-state index in [9.17, 15) is 20.1 Å². The van der Waals surface area contributed by atoms with Crippen molar-refractivity contribution >= 4 is 17.1 Å². The third-order valence-corrected chi connectivity index (χ3v) is 10.8. The highest BCUT2D eigenvalue weighted by Crippen LogP contribution is 2.61. The molecule has 0 radical (unpaired) electrons. The van der Waals surface area contributed by atoms with Crippen LogP contribution in [0.4, 0.5) is 0 Å². The molecular formula is C38H46N4O5. The summed E-state index contributed by atoms with van der Waals surface area (Å²) in [6, 6.07) is 11.8. The predicted octanol–water partition coefficient (Wildman–Crippen LogP) is 5.11. The molecule has 6 N–H and O–H groups in total. The standard InChI is InChI=1S/C38H46N4O5/c1-2-5-26(43)16-28(45)17-27(44)11-9-23-10-12-34(46)35(14-23)47-22-42-20-30-32(19-40-33(30)21-42)38-13-4-6-25(38)15-24-18-41-37(39)29-7-3-8-31(38)36(24)29/h3,7-8,10,12,14,18-20,25-26,28,37,41,43,45-46H,2,4-6,9,11,13,15-17,21-22,39H2,1H3. The van der Waals surface area contributed by atoms with Crippen molar-refractivity contribution in [1.82, 2.24) is 10.2 Å². The monoisotopic (exact) mass is 638 g/mol. The first kappa shape index (κ1) is 31.7. The molecule has 0 spiro atoms. The molecule has 7 rings (SSSR count). The Hall–Kier alpha value is -3.92. The molecular weight excluding hydrogens is 592 g/mol. The topological polar surface area (TPSA) is 141 Å². The fourth-order valence-electron chi connectivity index (χ4n) is 8.59. The lowest BCUT2D eigenvalue weighted by molar-refractivity contribution is -0.121. The number of nitrogens with zero attached hydrogens (tertiary/aromatic N) is 2. The van der Waals surface area contributed by atoms with E-state index in [0.717, 1.165) is 30.5 Å². The van der Waals surface area contributed by atoms with E-state index in [2.05, 4.69) is 47.0 Å². The molecule has 3 heterocycles. The third kappa shape index (κ3) is 5.90. The largest absolute Gasteiger partial charge is 0.504 e. The molecule has 9 nitrogen and oxygen atoms in total. The number of fused-ring (bicyclic) bond motifs is 3. The Kier molecular flexibility index (Phi) is 8.72. The van der Waals surface area contributed by atoms with Crippen LogP contribution in [0.1, 0.15) is 93.1 Å². The summed E-state index contributed by atoms with van der Waals surface area (Å²) in [4.78, 5) is 19.5. The van der Waals surface area contributed by atoms with Crippen molar-refractivity contribution in [3.05, 3.63) is 88.4 Å². The Labute approximate surface area is 276 Å². The Morgan fingerprint density at radius 1 is 1.23 bits per heavy atom. The van der Waals surface area contributed by atoms with Gasteiger partial charge in [0.2, 0.25) is 0 Å². The first-order chi connectivity index (χ1) is 22.8. The predicted molar refractivity (Wildman–Crippen MR) is 182 cm³/mol. The van der Waals surface area contributed by atoms with E-state index in [1.807, 2.05) is 6.92 Å². The van der Waals surface area contributed by atoms with E-state index < -0.39 is 12.2 Å². The van der Waals surface area contributed by atoms with Crippen LogP contribution in [0.25, 0.3) is 5.57 Å². The van der Waals surface area contributed by atoms with Crippen LogP contribution in [0.15, 0.2) is 71.1 Å². The second-order valence-corrected chi connectivity index (χ2v) is 13.9. The molecule has 1 saturated carbocycles. The van der Waals surface area contributed by atoms with Crippen LogP contribution in [0.5, 0.6) is 11.5 Å². The maximum absolute atomic E-state index is 12.5. The zero-order valence-electron chi connectivity index (χ0n) is 27.1. The highest BCUT2D eigenvalue weighted by molar-refractivity contribution is 6.10. The average Bonchev–Trinajstić information content (AvgIpc) is 3.77. The fraction of sp³-hybridized carbons (Fsp3) is 0.474. The van der Waals surface area contributed by atoms with Crippen LogP contribution in [0.3, 0.4) is 0 Å². The number of nitrogens with one attached hydrogen (secondary N) is 1. The van der Waals surface area contributed by atoms with Gasteiger partial charge in [0.05, 0.1) is 24.5 Å². The summed E-state index contributed by atoms with van der Waals surface area (Å²) < 4.78 is 6.13. The van der Waals surface area contributed by atoms with Crippen LogP contribution in [0.2, 0.25) is 0 Å². The van der Waals surface area contributed by atoms with Crippen molar-refractivity contribution in [1.29, 1.82) is 0 Å². The molecule has 2 aromatic carbocycles. The number of ether oxygens (including phenoxy) is 1. The van der Waals surface area contributed by atoms with Gasteiger partial charge in [-0.3, -0.25) is 9.79 Å². The van der Waals surface area contributed by atoms with Gasteiger partial charge in [-0.05, 0) is 90.0 Å². The number of nitrogens with two attached hydrogens (primary N) is 1. The zero-order chi connectivity index (χ0) is 32.7. The number of aliphatic hydroxyl groups is 2. The number of phenols is 1. The third-order valence-electron chi connectivity index (χ3n) is 10.8. The van der Waals surface area contributed by atoms with Gasteiger partial charge in [-0.15, -0.1) is 0 Å². The van der Waals surface area contributed by atoms with Crippen molar-refractivity contribution in [2.45, 2.75) is 94.9 Å². The maximum atomic E-state index is 12.5. The quantitative estimate of drug-likeness (QED) is 0.204. The van der Waals surface area contributed by atoms with E-state index in [1.54, 1.807) is 18.2 Å². The molecule has 2 aromatic rings. The molecule has 5 atom stereocenters.